The van der Waals surface area contributed by atoms with Crippen molar-refractivity contribution in [2.75, 3.05) is 6.61 Å². The zero-order valence-corrected chi connectivity index (χ0v) is 8.79. The Labute approximate surface area is 89.0 Å². The highest BCUT2D eigenvalue weighted by Crippen LogP contribution is 2.29. The maximum absolute atomic E-state index is 7.41. The molecule has 2 rings (SSSR count). The summed E-state index contributed by atoms with van der Waals surface area (Å²) in [6.07, 6.45) is 2.47. The van der Waals surface area contributed by atoms with Gasteiger partial charge in [-0.3, -0.25) is 5.41 Å². The van der Waals surface area contributed by atoms with Crippen LogP contribution in [0, 0.1) is 18.3 Å². The number of nitrogens with one attached hydrogen (secondary N) is 1. The Morgan fingerprint density at radius 2 is 2.33 bits per heavy atom. The number of ether oxygens (including phenoxy) is 1. The molecule has 80 valence electrons. The Hall–Kier alpha value is -1.58. The van der Waals surface area contributed by atoms with Crippen LogP contribution in [0.25, 0.3) is 0 Å². The van der Waals surface area contributed by atoms with Crippen molar-refractivity contribution in [3.05, 3.63) is 23.4 Å². The first kappa shape index (κ1) is 9.96. The molecule has 1 aromatic rings. The Morgan fingerprint density at radius 1 is 1.60 bits per heavy atom. The van der Waals surface area contributed by atoms with E-state index in [0.29, 0.717) is 24.0 Å². The van der Waals surface area contributed by atoms with E-state index in [-0.39, 0.29) is 5.84 Å². The minimum atomic E-state index is 0.00768. The van der Waals surface area contributed by atoms with Crippen LogP contribution < -0.4 is 10.5 Å². The summed E-state index contributed by atoms with van der Waals surface area (Å²) in [7, 11) is 0. The number of hydrogen-bond acceptors (Lipinski definition) is 3. The predicted octanol–water partition coefficient (Wildman–Crippen LogP) is 1.46. The van der Waals surface area contributed by atoms with E-state index in [9.17, 15) is 0 Å². The largest absolute Gasteiger partial charge is 0.477 e. The first-order chi connectivity index (χ1) is 7.16. The van der Waals surface area contributed by atoms with Gasteiger partial charge in [0.05, 0.1) is 12.2 Å². The Kier molecular flexibility index (Phi) is 2.58. The minimum Gasteiger partial charge on any atom is -0.477 e. The van der Waals surface area contributed by atoms with Gasteiger partial charge in [0.2, 0.25) is 5.88 Å². The fourth-order valence-corrected chi connectivity index (χ4v) is 1.33. The summed E-state index contributed by atoms with van der Waals surface area (Å²) >= 11 is 0. The second kappa shape index (κ2) is 3.88. The fraction of sp³-hybridized carbons (Fsp3) is 0.455. The van der Waals surface area contributed by atoms with Crippen molar-refractivity contribution in [3.8, 4) is 5.88 Å². The van der Waals surface area contributed by atoms with E-state index in [1.54, 1.807) is 6.07 Å². The van der Waals surface area contributed by atoms with Crippen molar-refractivity contribution >= 4 is 5.84 Å². The fourth-order valence-electron chi connectivity index (χ4n) is 1.33. The number of aromatic nitrogens is 1. The van der Waals surface area contributed by atoms with E-state index in [0.717, 1.165) is 5.69 Å². The molecule has 0 saturated heterocycles. The number of rotatable bonds is 4. The number of nitrogens with zero attached hydrogens (tertiary/aromatic N) is 1. The summed E-state index contributed by atoms with van der Waals surface area (Å²) in [5.74, 6) is 1.18. The lowest BCUT2D eigenvalue weighted by molar-refractivity contribution is 0.287. The van der Waals surface area contributed by atoms with E-state index < -0.39 is 0 Å². The number of aryl methyl sites for hydroxylation is 1. The van der Waals surface area contributed by atoms with Gasteiger partial charge in [-0.25, -0.2) is 4.98 Å². The average Bonchev–Trinajstić information content (AvgIpc) is 2.97. The SMILES string of the molecule is Cc1ccc(C(=N)N)c(OCC2CC2)n1. The van der Waals surface area contributed by atoms with Gasteiger partial charge in [0.1, 0.15) is 5.84 Å². The highest BCUT2D eigenvalue weighted by atomic mass is 16.5. The molecule has 1 aliphatic carbocycles. The lowest BCUT2D eigenvalue weighted by atomic mass is 10.2. The molecule has 4 heteroatoms. The molecule has 15 heavy (non-hydrogen) atoms. The van der Waals surface area contributed by atoms with Crippen LogP contribution in [0.4, 0.5) is 0 Å². The third-order valence-electron chi connectivity index (χ3n) is 2.44. The zero-order valence-electron chi connectivity index (χ0n) is 8.79. The van der Waals surface area contributed by atoms with Crippen LogP contribution in [0.5, 0.6) is 5.88 Å². The van der Waals surface area contributed by atoms with Gasteiger partial charge in [-0.05, 0) is 37.8 Å². The van der Waals surface area contributed by atoms with E-state index in [1.807, 2.05) is 13.0 Å². The molecule has 0 aromatic carbocycles. The van der Waals surface area contributed by atoms with Crippen LogP contribution in [0.3, 0.4) is 0 Å². The smallest absolute Gasteiger partial charge is 0.224 e. The molecule has 4 nitrogen and oxygen atoms in total. The first-order valence-electron chi connectivity index (χ1n) is 5.11. The number of nitrogens with two attached hydrogens (primary N) is 1. The van der Waals surface area contributed by atoms with Gasteiger partial charge >= 0.3 is 0 Å². The molecule has 0 spiro atoms. The van der Waals surface area contributed by atoms with Crippen molar-refractivity contribution in [1.82, 2.24) is 4.98 Å². The van der Waals surface area contributed by atoms with Gasteiger partial charge in [0.15, 0.2) is 0 Å². The molecule has 0 bridgehead atoms. The normalized spacial score (nSPS) is 15.0. The molecule has 0 unspecified atom stereocenters. The third kappa shape index (κ3) is 2.46. The lowest BCUT2D eigenvalue weighted by Crippen LogP contribution is -2.15. The van der Waals surface area contributed by atoms with Crippen molar-refractivity contribution in [2.24, 2.45) is 11.7 Å². The summed E-state index contributed by atoms with van der Waals surface area (Å²) in [5, 5.41) is 7.41. The van der Waals surface area contributed by atoms with Crippen LogP contribution in [-0.2, 0) is 0 Å². The topological polar surface area (TPSA) is 72.0 Å². The molecule has 0 radical (unpaired) electrons. The molecule has 1 heterocycles. The number of pyridine rings is 1. The van der Waals surface area contributed by atoms with E-state index >= 15 is 0 Å². The highest BCUT2D eigenvalue weighted by Gasteiger charge is 2.23. The molecule has 1 aliphatic rings. The molecule has 3 N–H and O–H groups in total. The molecule has 1 aromatic heterocycles. The number of nitrogen functional groups attached to an aromatic ring is 1. The Bertz CT molecular complexity index is 385. The van der Waals surface area contributed by atoms with Crippen LogP contribution in [0.15, 0.2) is 12.1 Å². The Balaban J connectivity index is 2.16. The summed E-state index contributed by atoms with van der Waals surface area (Å²) in [4.78, 5) is 4.25. The number of hydrogen-bond donors (Lipinski definition) is 2. The standard InChI is InChI=1S/C11H15N3O/c1-7-2-5-9(10(12)13)11(14-7)15-6-8-3-4-8/h2,5,8H,3-4,6H2,1H3,(H3,12,13). The summed E-state index contributed by atoms with van der Waals surface area (Å²) in [6, 6.07) is 3.62. The van der Waals surface area contributed by atoms with Gasteiger partial charge in [-0.2, -0.15) is 0 Å². The van der Waals surface area contributed by atoms with Crippen molar-refractivity contribution < 1.29 is 4.74 Å². The molecule has 0 atom stereocenters. The van der Waals surface area contributed by atoms with Gasteiger partial charge in [-0.1, -0.05) is 0 Å². The highest BCUT2D eigenvalue weighted by molar-refractivity contribution is 5.97. The molecule has 1 fully saturated rings. The maximum atomic E-state index is 7.41. The summed E-state index contributed by atoms with van der Waals surface area (Å²) in [6.45, 7) is 2.59. The van der Waals surface area contributed by atoms with Crippen molar-refractivity contribution in [1.29, 1.82) is 5.41 Å². The second-order valence-corrected chi connectivity index (χ2v) is 3.97. The molecule has 0 aliphatic heterocycles. The van der Waals surface area contributed by atoms with Crippen LogP contribution in [0.2, 0.25) is 0 Å². The van der Waals surface area contributed by atoms with Crippen LogP contribution in [0.1, 0.15) is 24.1 Å². The van der Waals surface area contributed by atoms with Gasteiger partial charge in [0.25, 0.3) is 0 Å². The van der Waals surface area contributed by atoms with Crippen LogP contribution in [-0.4, -0.2) is 17.4 Å². The molecule has 1 saturated carbocycles. The molecular weight excluding hydrogens is 190 g/mol. The van der Waals surface area contributed by atoms with Gasteiger partial charge in [0, 0.05) is 5.69 Å². The minimum absolute atomic E-state index is 0.00768. The second-order valence-electron chi connectivity index (χ2n) is 3.97. The summed E-state index contributed by atoms with van der Waals surface area (Å²) in [5.41, 5.74) is 6.91. The Morgan fingerprint density at radius 3 is 2.93 bits per heavy atom. The zero-order chi connectivity index (χ0) is 10.8. The average molecular weight is 205 g/mol. The first-order valence-corrected chi connectivity index (χ1v) is 5.11. The lowest BCUT2D eigenvalue weighted by Gasteiger charge is -2.09. The van der Waals surface area contributed by atoms with Gasteiger partial charge < -0.3 is 10.5 Å². The summed E-state index contributed by atoms with van der Waals surface area (Å²) < 4.78 is 5.57. The van der Waals surface area contributed by atoms with E-state index in [2.05, 4.69) is 4.98 Å². The van der Waals surface area contributed by atoms with E-state index in [1.165, 1.54) is 12.8 Å². The maximum Gasteiger partial charge on any atom is 0.224 e. The monoisotopic (exact) mass is 205 g/mol. The van der Waals surface area contributed by atoms with Crippen molar-refractivity contribution in [3.63, 3.8) is 0 Å². The molecule has 0 amide bonds. The van der Waals surface area contributed by atoms with Crippen LogP contribution >= 0.6 is 0 Å². The predicted molar refractivity (Wildman–Crippen MR) is 58.2 cm³/mol. The quantitative estimate of drug-likeness (QED) is 0.577. The van der Waals surface area contributed by atoms with Gasteiger partial charge in [-0.15, -0.1) is 0 Å². The number of amidine groups is 1. The van der Waals surface area contributed by atoms with E-state index in [4.69, 9.17) is 15.9 Å². The van der Waals surface area contributed by atoms with Crippen molar-refractivity contribution in [2.45, 2.75) is 19.8 Å². The third-order valence-corrected chi connectivity index (χ3v) is 2.44. The molecular formula is C11H15N3O.